The van der Waals surface area contributed by atoms with Gasteiger partial charge in [0.15, 0.2) is 23.4 Å². The summed E-state index contributed by atoms with van der Waals surface area (Å²) in [5.74, 6) is 0.106. The van der Waals surface area contributed by atoms with Gasteiger partial charge in [-0.1, -0.05) is 30.3 Å². The van der Waals surface area contributed by atoms with E-state index < -0.39 is 31.6 Å². The molecule has 0 aliphatic rings. The molecule has 11 heteroatoms. The van der Waals surface area contributed by atoms with Gasteiger partial charge in [-0.2, -0.15) is 8.42 Å². The van der Waals surface area contributed by atoms with Crippen molar-refractivity contribution in [2.24, 2.45) is 4.40 Å². The summed E-state index contributed by atoms with van der Waals surface area (Å²) >= 11 is 0. The summed E-state index contributed by atoms with van der Waals surface area (Å²) in [5.41, 5.74) is 0.549. The predicted molar refractivity (Wildman–Crippen MR) is 112 cm³/mol. The van der Waals surface area contributed by atoms with Crippen LogP contribution in [0.4, 0.5) is 11.4 Å². The molecule has 3 rings (SSSR count). The molecule has 31 heavy (non-hydrogen) atoms. The van der Waals surface area contributed by atoms with Crippen molar-refractivity contribution in [3.05, 3.63) is 89.2 Å². The van der Waals surface area contributed by atoms with Crippen LogP contribution < -0.4 is 19.7 Å². The van der Waals surface area contributed by atoms with Crippen LogP contribution in [0.5, 0.6) is 5.75 Å². The molecule has 1 N–H and O–H groups in total. The number of anilines is 1. The Morgan fingerprint density at radius 2 is 1.58 bits per heavy atom. The summed E-state index contributed by atoms with van der Waals surface area (Å²) in [6.07, 6.45) is 2.44. The maximum absolute atomic E-state index is 12.0. The molecule has 0 atom stereocenters. The molecular weight excluding hydrogens is 424 g/mol. The van der Waals surface area contributed by atoms with Gasteiger partial charge in [-0.05, 0) is 18.2 Å². The minimum absolute atomic E-state index is 0.106. The van der Waals surface area contributed by atoms with E-state index in [0.717, 1.165) is 12.1 Å². The van der Waals surface area contributed by atoms with E-state index in [1.54, 1.807) is 18.2 Å². The molecule has 0 spiro atoms. The zero-order valence-electron chi connectivity index (χ0n) is 16.7. The van der Waals surface area contributed by atoms with Gasteiger partial charge in [-0.15, -0.1) is 4.40 Å². The third kappa shape index (κ3) is 7.08. The number of rotatable bonds is 5. The Kier molecular flexibility index (Phi) is 8.03. The second-order valence-corrected chi connectivity index (χ2v) is 7.70. The third-order valence-electron chi connectivity index (χ3n) is 3.70. The van der Waals surface area contributed by atoms with Crippen molar-refractivity contribution in [3.8, 4) is 5.75 Å². The number of ether oxygens (including phenoxy) is 1. The Hall–Kier alpha value is -3.99. The van der Waals surface area contributed by atoms with Gasteiger partial charge in [-0.25, -0.2) is 4.98 Å². The Bertz CT molecular complexity index is 1140. The van der Waals surface area contributed by atoms with Crippen LogP contribution in [0.25, 0.3) is 0 Å². The van der Waals surface area contributed by atoms with Crippen LogP contribution in [0.1, 0.15) is 0 Å². The fourth-order valence-electron chi connectivity index (χ4n) is 2.26. The number of sulfonamides is 1. The van der Waals surface area contributed by atoms with E-state index in [0.29, 0.717) is 0 Å². The van der Waals surface area contributed by atoms with E-state index in [1.807, 2.05) is 38.6 Å². The fraction of sp³-hybridized carbons (Fsp3) is 0.100. The zero-order chi connectivity index (χ0) is 22.9. The first-order valence-electron chi connectivity index (χ1n) is 8.82. The number of aromatic amines is 1. The van der Waals surface area contributed by atoms with Gasteiger partial charge in [0.25, 0.3) is 15.7 Å². The highest BCUT2D eigenvalue weighted by molar-refractivity contribution is 7.90. The first kappa shape index (κ1) is 23.3. The molecule has 1 aromatic heterocycles. The molecule has 0 fully saturated rings. The molecule has 1 heterocycles. The molecule has 0 saturated heterocycles. The number of nitrogens with one attached hydrogen (secondary N) is 1. The number of pyridine rings is 1. The van der Waals surface area contributed by atoms with Crippen LogP contribution in [0.15, 0.2) is 88.4 Å². The number of benzene rings is 2. The van der Waals surface area contributed by atoms with Crippen molar-refractivity contribution in [3.63, 3.8) is 0 Å². The molecule has 2 aromatic carbocycles. The standard InChI is InChI=1S/C13H10N2O6S.C7H10N2/c16-13(21-10-6-2-1-3-7-10)14-22(19,20)12-9-5-4-8-11(12)15(17)18;1-9(2)7-3-5-8-6-4-7/h1-9H,(H,14,16);3-6H,1-2H3. The van der Waals surface area contributed by atoms with Crippen molar-refractivity contribution in [1.29, 1.82) is 0 Å². The molecular formula is C20H20N4O6S. The van der Waals surface area contributed by atoms with Crippen molar-refractivity contribution in [2.45, 2.75) is 4.90 Å². The zero-order valence-corrected chi connectivity index (χ0v) is 17.5. The molecule has 0 aliphatic heterocycles. The van der Waals surface area contributed by atoms with E-state index in [2.05, 4.69) is 14.3 Å². The second-order valence-electron chi connectivity index (χ2n) is 6.12. The monoisotopic (exact) mass is 444 g/mol. The van der Waals surface area contributed by atoms with Gasteiger partial charge < -0.3 is 14.7 Å². The molecule has 0 unspecified atom stereocenters. The summed E-state index contributed by atoms with van der Waals surface area (Å²) in [7, 11) is -0.500. The van der Waals surface area contributed by atoms with E-state index in [-0.39, 0.29) is 5.75 Å². The number of aromatic nitrogens is 1. The molecule has 0 amide bonds. The highest BCUT2D eigenvalue weighted by Gasteiger charge is 2.24. The minimum atomic E-state index is -4.55. The Morgan fingerprint density at radius 3 is 2.13 bits per heavy atom. The van der Waals surface area contributed by atoms with Crippen LogP contribution >= 0.6 is 0 Å². The molecule has 162 valence electrons. The fourth-order valence-corrected chi connectivity index (χ4v) is 3.25. The van der Waals surface area contributed by atoms with Crippen molar-refractivity contribution < 1.29 is 28.2 Å². The van der Waals surface area contributed by atoms with Crippen LogP contribution in [0.3, 0.4) is 0 Å². The van der Waals surface area contributed by atoms with Gasteiger partial charge in [0, 0.05) is 43.7 Å². The van der Waals surface area contributed by atoms with Gasteiger partial charge in [0.05, 0.1) is 4.92 Å². The maximum atomic E-state index is 12.0. The quantitative estimate of drug-likeness (QED) is 0.252. The van der Waals surface area contributed by atoms with E-state index in [4.69, 9.17) is 4.74 Å². The highest BCUT2D eigenvalue weighted by Crippen LogP contribution is 2.24. The van der Waals surface area contributed by atoms with E-state index >= 15 is 0 Å². The first-order valence-corrected chi connectivity index (χ1v) is 10.3. The Morgan fingerprint density at radius 1 is 1.00 bits per heavy atom. The Labute approximate surface area is 179 Å². The molecule has 3 aromatic rings. The van der Waals surface area contributed by atoms with Crippen molar-refractivity contribution in [2.75, 3.05) is 19.0 Å². The topological polar surface area (TPSA) is 139 Å². The SMILES string of the molecule is CN(C)c1cc[nH+]cc1.O=[N+]([O-])c1ccccc1S(=O)(=O)N=C([O-])Oc1ccccc1. The lowest BCUT2D eigenvalue weighted by atomic mass is 10.3. The lowest BCUT2D eigenvalue weighted by molar-refractivity contribution is -0.387. The average molecular weight is 444 g/mol. The van der Waals surface area contributed by atoms with Crippen molar-refractivity contribution >= 4 is 27.5 Å². The number of nitro benzene ring substituents is 1. The summed E-state index contributed by atoms with van der Waals surface area (Å²) in [6, 6.07) is 16.4. The summed E-state index contributed by atoms with van der Waals surface area (Å²) in [6.45, 7) is 0. The third-order valence-corrected chi connectivity index (χ3v) is 4.99. The van der Waals surface area contributed by atoms with Gasteiger partial charge in [-0.3, -0.25) is 10.1 Å². The largest absolute Gasteiger partial charge is 0.566 e. The molecule has 0 bridgehead atoms. The first-order chi connectivity index (χ1) is 14.7. The highest BCUT2D eigenvalue weighted by atomic mass is 32.2. The Balaban J connectivity index is 0.000000316. The number of nitrogens with zero attached hydrogens (tertiary/aromatic N) is 3. The van der Waals surface area contributed by atoms with Gasteiger partial charge in [0.1, 0.15) is 0 Å². The number of para-hydroxylation sites is 2. The number of hydrogen-bond donors (Lipinski definition) is 0. The summed E-state index contributed by atoms with van der Waals surface area (Å²) in [4.78, 5) is 14.3. The number of H-pyrrole nitrogens is 1. The minimum Gasteiger partial charge on any atom is -0.566 e. The van der Waals surface area contributed by atoms with E-state index in [9.17, 15) is 23.6 Å². The summed E-state index contributed by atoms with van der Waals surface area (Å²) in [5, 5.41) is 22.4. The van der Waals surface area contributed by atoms with Gasteiger partial charge in [0.2, 0.25) is 0 Å². The maximum Gasteiger partial charge on any atom is 0.290 e. The van der Waals surface area contributed by atoms with E-state index in [1.165, 1.54) is 30.0 Å². The smallest absolute Gasteiger partial charge is 0.290 e. The average Bonchev–Trinajstić information content (AvgIpc) is 2.75. The van der Waals surface area contributed by atoms with Crippen LogP contribution in [0, 0.1) is 10.1 Å². The molecule has 0 saturated carbocycles. The molecule has 0 radical (unpaired) electrons. The normalized spacial score (nSPS) is 11.1. The number of hydrogen-bond acceptors (Lipinski definition) is 7. The summed E-state index contributed by atoms with van der Waals surface area (Å²) < 4.78 is 31.6. The van der Waals surface area contributed by atoms with Crippen molar-refractivity contribution in [1.82, 2.24) is 0 Å². The predicted octanol–water partition coefficient (Wildman–Crippen LogP) is 1.65. The van der Waals surface area contributed by atoms with Crippen LogP contribution in [0.2, 0.25) is 0 Å². The lowest BCUT2D eigenvalue weighted by Gasteiger charge is -2.13. The van der Waals surface area contributed by atoms with Crippen LogP contribution in [-0.4, -0.2) is 33.5 Å². The van der Waals surface area contributed by atoms with Crippen LogP contribution in [-0.2, 0) is 10.0 Å². The lowest BCUT2D eigenvalue weighted by Crippen LogP contribution is -2.26. The molecule has 0 aliphatic carbocycles. The number of nitro groups is 1. The second kappa shape index (κ2) is 10.7. The molecule has 10 nitrogen and oxygen atoms in total. The van der Waals surface area contributed by atoms with Gasteiger partial charge >= 0.3 is 0 Å².